The molecule has 0 aliphatic heterocycles. The molecule has 122 valence electrons. The Kier molecular flexibility index (Phi) is 5.16. The molecule has 3 aromatic heterocycles. The fourth-order valence-electron chi connectivity index (χ4n) is 2.21. The summed E-state index contributed by atoms with van der Waals surface area (Å²) in [5, 5.41) is 0. The molecule has 0 saturated carbocycles. The molecule has 0 fully saturated rings. The van der Waals surface area contributed by atoms with Crippen molar-refractivity contribution in [1.29, 1.82) is 0 Å². The van der Waals surface area contributed by atoms with Crippen LogP contribution in [-0.2, 0) is 0 Å². The first-order valence-corrected chi connectivity index (χ1v) is 7.78. The normalized spacial score (nSPS) is 12.0. The fraction of sp³-hybridized carbons (Fsp3) is 0.0500. The molecule has 0 aliphatic rings. The molecule has 5 heteroatoms. The number of hydrogen-bond donors (Lipinski definition) is 0. The maximum absolute atomic E-state index is 4.72. The average Bonchev–Trinajstić information content (AvgIpc) is 2.69. The van der Waals surface area contributed by atoms with Crippen LogP contribution in [0.4, 0.5) is 0 Å². The van der Waals surface area contributed by atoms with Gasteiger partial charge >= 0.3 is 0 Å². The topological polar surface area (TPSA) is 63.4 Å². The number of aliphatic imine (C=N–C) groups is 2. The molecule has 0 radical (unpaired) electrons. The third-order valence-electron chi connectivity index (χ3n) is 3.56. The van der Waals surface area contributed by atoms with Crippen LogP contribution in [0.5, 0.6) is 0 Å². The maximum Gasteiger partial charge on any atom is 0.160 e. The van der Waals surface area contributed by atoms with Gasteiger partial charge in [-0.1, -0.05) is 6.58 Å². The summed E-state index contributed by atoms with van der Waals surface area (Å²) in [6.07, 6.45) is 10.4. The summed E-state index contributed by atoms with van der Waals surface area (Å²) in [5.41, 5.74) is 4.24. The van der Waals surface area contributed by atoms with Gasteiger partial charge in [-0.15, -0.1) is 0 Å². The van der Waals surface area contributed by atoms with Gasteiger partial charge < -0.3 is 0 Å². The summed E-state index contributed by atoms with van der Waals surface area (Å²) < 4.78 is 0. The highest BCUT2D eigenvalue weighted by Gasteiger charge is 2.06. The number of pyridine rings is 3. The van der Waals surface area contributed by atoms with E-state index in [-0.39, 0.29) is 0 Å². The SMILES string of the molecule is C=C(N=C(N=C(C)c1ccncc1)c1ccncc1)c1ccncc1. The largest absolute Gasteiger partial charge is 0.265 e. The lowest BCUT2D eigenvalue weighted by Gasteiger charge is -2.06. The van der Waals surface area contributed by atoms with Crippen LogP contribution in [0.1, 0.15) is 23.6 Å². The fourth-order valence-corrected chi connectivity index (χ4v) is 2.21. The molecule has 0 aromatic carbocycles. The van der Waals surface area contributed by atoms with Gasteiger partial charge in [-0.2, -0.15) is 0 Å². The van der Waals surface area contributed by atoms with E-state index in [0.717, 1.165) is 22.4 Å². The molecule has 0 aliphatic carbocycles. The number of aromatic nitrogens is 3. The smallest absolute Gasteiger partial charge is 0.160 e. The lowest BCUT2D eigenvalue weighted by molar-refractivity contribution is 1.30. The molecule has 3 heterocycles. The van der Waals surface area contributed by atoms with Crippen molar-refractivity contribution in [3.8, 4) is 0 Å². The maximum atomic E-state index is 4.72. The minimum atomic E-state index is 0.582. The molecule has 5 nitrogen and oxygen atoms in total. The summed E-state index contributed by atoms with van der Waals surface area (Å²) in [4.78, 5) is 21.5. The molecular weight excluding hydrogens is 310 g/mol. The Labute approximate surface area is 146 Å². The number of rotatable bonds is 4. The average molecular weight is 327 g/mol. The molecule has 0 atom stereocenters. The van der Waals surface area contributed by atoms with Crippen LogP contribution in [0.3, 0.4) is 0 Å². The van der Waals surface area contributed by atoms with Crippen LogP contribution in [0.2, 0.25) is 0 Å². The van der Waals surface area contributed by atoms with E-state index in [1.54, 1.807) is 37.2 Å². The van der Waals surface area contributed by atoms with Crippen molar-refractivity contribution in [3.05, 3.63) is 96.8 Å². The van der Waals surface area contributed by atoms with Gasteiger partial charge in [-0.05, 0) is 48.9 Å². The molecule has 0 amide bonds. The molecule has 0 bridgehead atoms. The quantitative estimate of drug-likeness (QED) is 0.541. The summed E-state index contributed by atoms with van der Waals surface area (Å²) in [5.74, 6) is 0.582. The van der Waals surface area contributed by atoms with Crippen molar-refractivity contribution in [3.63, 3.8) is 0 Å². The highest BCUT2D eigenvalue weighted by molar-refractivity contribution is 6.12. The zero-order valence-electron chi connectivity index (χ0n) is 13.9. The molecule has 0 unspecified atom stereocenters. The van der Waals surface area contributed by atoms with E-state index in [4.69, 9.17) is 4.99 Å². The van der Waals surface area contributed by atoms with Gasteiger partial charge in [0.1, 0.15) is 0 Å². The van der Waals surface area contributed by atoms with Crippen LogP contribution < -0.4 is 0 Å². The van der Waals surface area contributed by atoms with E-state index >= 15 is 0 Å². The third kappa shape index (κ3) is 4.29. The lowest BCUT2D eigenvalue weighted by atomic mass is 10.1. The predicted octanol–water partition coefficient (Wildman–Crippen LogP) is 3.80. The second-order valence-electron chi connectivity index (χ2n) is 5.29. The minimum absolute atomic E-state index is 0.582. The van der Waals surface area contributed by atoms with Crippen molar-refractivity contribution in [2.45, 2.75) is 6.92 Å². The van der Waals surface area contributed by atoms with Crippen molar-refractivity contribution in [2.75, 3.05) is 0 Å². The van der Waals surface area contributed by atoms with Crippen molar-refractivity contribution < 1.29 is 0 Å². The monoisotopic (exact) mass is 327 g/mol. The van der Waals surface area contributed by atoms with Crippen molar-refractivity contribution in [1.82, 2.24) is 15.0 Å². The van der Waals surface area contributed by atoms with E-state index in [1.165, 1.54) is 0 Å². The van der Waals surface area contributed by atoms with Gasteiger partial charge in [0.25, 0.3) is 0 Å². The zero-order valence-corrected chi connectivity index (χ0v) is 13.9. The highest BCUT2D eigenvalue weighted by atomic mass is 14.9. The van der Waals surface area contributed by atoms with E-state index in [2.05, 4.69) is 26.5 Å². The Morgan fingerprint density at radius 2 is 1.12 bits per heavy atom. The molecule has 3 rings (SSSR count). The van der Waals surface area contributed by atoms with Crippen LogP contribution in [0, 0.1) is 0 Å². The van der Waals surface area contributed by atoms with E-state index in [9.17, 15) is 0 Å². The molecule has 0 spiro atoms. The summed E-state index contributed by atoms with van der Waals surface area (Å²) in [7, 11) is 0. The second kappa shape index (κ2) is 7.88. The van der Waals surface area contributed by atoms with E-state index < -0.39 is 0 Å². The van der Waals surface area contributed by atoms with Gasteiger partial charge in [0, 0.05) is 54.0 Å². The Balaban J connectivity index is 2.02. The number of amidine groups is 1. The first-order chi connectivity index (χ1) is 12.2. The Morgan fingerprint density at radius 1 is 0.680 bits per heavy atom. The summed E-state index contributed by atoms with van der Waals surface area (Å²) in [6, 6.07) is 11.3. The van der Waals surface area contributed by atoms with Crippen molar-refractivity contribution in [2.24, 2.45) is 9.98 Å². The minimum Gasteiger partial charge on any atom is -0.265 e. The predicted molar refractivity (Wildman–Crippen MR) is 100 cm³/mol. The standard InChI is InChI=1S/C20H17N5/c1-15(17-3-9-21-10-4-17)24-20(19-7-13-23-14-8-19)25-16(2)18-5-11-22-12-6-18/h3-14H,1H2,2H3. The van der Waals surface area contributed by atoms with Crippen LogP contribution in [0.15, 0.2) is 90.1 Å². The Bertz CT molecular complexity index is 901. The van der Waals surface area contributed by atoms with Gasteiger partial charge in [-0.3, -0.25) is 15.0 Å². The van der Waals surface area contributed by atoms with Crippen molar-refractivity contribution >= 4 is 17.2 Å². The van der Waals surface area contributed by atoms with Gasteiger partial charge in [0.2, 0.25) is 0 Å². The lowest BCUT2D eigenvalue weighted by Crippen LogP contribution is -2.04. The molecule has 0 saturated heterocycles. The first-order valence-electron chi connectivity index (χ1n) is 7.78. The Hall–Kier alpha value is -3.47. The second-order valence-corrected chi connectivity index (χ2v) is 5.29. The number of hydrogen-bond acceptors (Lipinski definition) is 4. The summed E-state index contributed by atoms with van der Waals surface area (Å²) >= 11 is 0. The third-order valence-corrected chi connectivity index (χ3v) is 3.56. The van der Waals surface area contributed by atoms with E-state index in [1.807, 2.05) is 43.3 Å². The zero-order chi connectivity index (χ0) is 17.5. The Morgan fingerprint density at radius 3 is 1.64 bits per heavy atom. The first kappa shape index (κ1) is 16.4. The van der Waals surface area contributed by atoms with Gasteiger partial charge in [0.05, 0.1) is 5.70 Å². The molecule has 25 heavy (non-hydrogen) atoms. The molecule has 0 N–H and O–H groups in total. The highest BCUT2D eigenvalue weighted by Crippen LogP contribution is 2.15. The van der Waals surface area contributed by atoms with Crippen LogP contribution >= 0.6 is 0 Å². The van der Waals surface area contributed by atoms with Gasteiger partial charge in [-0.25, -0.2) is 9.98 Å². The summed E-state index contributed by atoms with van der Waals surface area (Å²) in [6.45, 7) is 6.01. The van der Waals surface area contributed by atoms with Crippen LogP contribution in [0.25, 0.3) is 5.70 Å². The van der Waals surface area contributed by atoms with E-state index in [0.29, 0.717) is 11.5 Å². The molecule has 3 aromatic rings. The van der Waals surface area contributed by atoms with Gasteiger partial charge in [0.15, 0.2) is 5.84 Å². The number of nitrogens with zero attached hydrogens (tertiary/aromatic N) is 5. The van der Waals surface area contributed by atoms with Crippen LogP contribution in [-0.4, -0.2) is 26.5 Å². The molecular formula is C20H17N5.